The summed E-state index contributed by atoms with van der Waals surface area (Å²) in [7, 11) is 0. The molecule has 0 atom stereocenters. The van der Waals surface area contributed by atoms with E-state index in [2.05, 4.69) is 22.0 Å². The molecule has 0 bridgehead atoms. The van der Waals surface area contributed by atoms with Gasteiger partial charge in [-0.05, 0) is 41.1 Å². The summed E-state index contributed by atoms with van der Waals surface area (Å²) in [5.74, 6) is 0. The molecule has 0 unspecified atom stereocenters. The Morgan fingerprint density at radius 2 is 2.22 bits per heavy atom. The quantitative estimate of drug-likeness (QED) is 0.631. The van der Waals surface area contributed by atoms with E-state index in [0.717, 1.165) is 0 Å². The van der Waals surface area contributed by atoms with Crippen molar-refractivity contribution < 1.29 is 4.92 Å². The second kappa shape index (κ2) is 4.63. The van der Waals surface area contributed by atoms with Crippen molar-refractivity contribution in [1.82, 2.24) is 4.57 Å². The Morgan fingerprint density at radius 3 is 2.83 bits per heavy atom. The lowest BCUT2D eigenvalue weighted by molar-refractivity contribution is -0.385. The molecule has 0 saturated carbocycles. The zero-order valence-electron chi connectivity index (χ0n) is 9.42. The number of rotatable bonds is 2. The zero-order valence-corrected chi connectivity index (χ0v) is 11.0. The fourth-order valence-electron chi connectivity index (χ4n) is 1.72. The molecule has 18 heavy (non-hydrogen) atoms. The summed E-state index contributed by atoms with van der Waals surface area (Å²) in [5.41, 5.74) is 1.79. The summed E-state index contributed by atoms with van der Waals surface area (Å²) < 4.78 is 2.26. The summed E-state index contributed by atoms with van der Waals surface area (Å²) >= 11 is 3.30. The van der Waals surface area contributed by atoms with Gasteiger partial charge in [0.1, 0.15) is 11.8 Å². The maximum atomic E-state index is 10.8. The number of halogens is 1. The topological polar surface area (TPSA) is 71.9 Å². The van der Waals surface area contributed by atoms with E-state index >= 15 is 0 Å². The average Bonchev–Trinajstić information content (AvgIpc) is 2.79. The third-order valence-electron chi connectivity index (χ3n) is 2.58. The lowest BCUT2D eigenvalue weighted by atomic mass is 10.2. The molecule has 6 heteroatoms. The highest BCUT2D eigenvalue weighted by Crippen LogP contribution is 2.30. The number of nitrogens with zero attached hydrogens (tertiary/aromatic N) is 3. The van der Waals surface area contributed by atoms with E-state index in [1.165, 1.54) is 6.07 Å². The predicted octanol–water partition coefficient (Wildman–Crippen LogP) is 3.33. The van der Waals surface area contributed by atoms with Crippen LogP contribution in [0, 0.1) is 28.4 Å². The van der Waals surface area contributed by atoms with Crippen LogP contribution >= 0.6 is 15.9 Å². The van der Waals surface area contributed by atoms with Gasteiger partial charge in [0, 0.05) is 22.3 Å². The molecule has 1 aromatic carbocycles. The molecule has 0 fully saturated rings. The number of hydrogen-bond acceptors (Lipinski definition) is 3. The van der Waals surface area contributed by atoms with Gasteiger partial charge >= 0.3 is 0 Å². The van der Waals surface area contributed by atoms with E-state index in [1.54, 1.807) is 35.9 Å². The van der Waals surface area contributed by atoms with E-state index in [0.29, 0.717) is 21.4 Å². The minimum Gasteiger partial charge on any atom is -0.307 e. The molecular formula is C12H8BrN3O2. The predicted molar refractivity (Wildman–Crippen MR) is 69.6 cm³/mol. The van der Waals surface area contributed by atoms with E-state index in [1.807, 2.05) is 0 Å². The van der Waals surface area contributed by atoms with Crippen LogP contribution in [0.2, 0.25) is 0 Å². The zero-order chi connectivity index (χ0) is 13.3. The van der Waals surface area contributed by atoms with Crippen LogP contribution in [0.1, 0.15) is 11.3 Å². The van der Waals surface area contributed by atoms with Crippen molar-refractivity contribution in [1.29, 1.82) is 5.26 Å². The van der Waals surface area contributed by atoms with Gasteiger partial charge in [0.15, 0.2) is 0 Å². The summed E-state index contributed by atoms with van der Waals surface area (Å²) in [6.07, 6.45) is 1.74. The number of benzene rings is 1. The molecule has 0 spiro atoms. The number of nitro benzene ring substituents is 1. The van der Waals surface area contributed by atoms with Gasteiger partial charge in [-0.2, -0.15) is 5.26 Å². The molecule has 0 N–H and O–H groups in total. The first-order valence-corrected chi connectivity index (χ1v) is 5.86. The molecule has 2 rings (SSSR count). The lowest BCUT2D eigenvalue weighted by Crippen LogP contribution is -1.99. The van der Waals surface area contributed by atoms with Crippen LogP contribution in [0.15, 0.2) is 34.9 Å². The molecule has 1 heterocycles. The first-order chi connectivity index (χ1) is 8.54. The molecule has 90 valence electrons. The van der Waals surface area contributed by atoms with Crippen LogP contribution < -0.4 is 0 Å². The Balaban J connectivity index is 2.65. The first-order valence-electron chi connectivity index (χ1n) is 5.07. The molecule has 2 aromatic rings. The molecule has 0 radical (unpaired) electrons. The highest BCUT2D eigenvalue weighted by Gasteiger charge is 2.15. The third-order valence-corrected chi connectivity index (χ3v) is 3.22. The van der Waals surface area contributed by atoms with Gasteiger partial charge in [-0.1, -0.05) is 0 Å². The molecule has 5 nitrogen and oxygen atoms in total. The van der Waals surface area contributed by atoms with E-state index in [4.69, 9.17) is 5.26 Å². The molecular weight excluding hydrogens is 298 g/mol. The highest BCUT2D eigenvalue weighted by molar-refractivity contribution is 9.10. The van der Waals surface area contributed by atoms with Gasteiger partial charge in [0.05, 0.1) is 10.6 Å². The third kappa shape index (κ3) is 2.00. The maximum absolute atomic E-state index is 10.8. The van der Waals surface area contributed by atoms with Crippen LogP contribution in [-0.4, -0.2) is 9.49 Å². The Bertz CT molecular complexity index is 670. The minimum atomic E-state index is -0.426. The first kappa shape index (κ1) is 12.3. The molecule has 0 aliphatic rings. The second-order valence-corrected chi connectivity index (χ2v) is 4.58. The standard InChI is InChI=1S/C12H8BrN3O2/c1-8-5-12(10(13)6-11(8)16(17)18)15-4-2-3-9(15)7-14/h2-6H,1H3. The Hall–Kier alpha value is -2.13. The van der Waals surface area contributed by atoms with E-state index in [9.17, 15) is 10.1 Å². The SMILES string of the molecule is Cc1cc(-n2cccc2C#N)c(Br)cc1[N+](=O)[O-]. The fraction of sp³-hybridized carbons (Fsp3) is 0.0833. The van der Waals surface area contributed by atoms with Crippen LogP contribution in [-0.2, 0) is 0 Å². The number of aromatic nitrogens is 1. The highest BCUT2D eigenvalue weighted by atomic mass is 79.9. The van der Waals surface area contributed by atoms with Crippen molar-refractivity contribution in [3.63, 3.8) is 0 Å². The van der Waals surface area contributed by atoms with Crippen molar-refractivity contribution >= 4 is 21.6 Å². The maximum Gasteiger partial charge on any atom is 0.273 e. The summed E-state index contributed by atoms with van der Waals surface area (Å²) in [6, 6.07) is 8.64. The average molecular weight is 306 g/mol. The van der Waals surface area contributed by atoms with Crippen LogP contribution in [0.4, 0.5) is 5.69 Å². The van der Waals surface area contributed by atoms with Crippen molar-refractivity contribution in [2.75, 3.05) is 0 Å². The summed E-state index contributed by atoms with van der Waals surface area (Å²) in [4.78, 5) is 10.4. The second-order valence-electron chi connectivity index (χ2n) is 3.72. The number of nitro groups is 1. The van der Waals surface area contributed by atoms with Gasteiger partial charge in [-0.3, -0.25) is 10.1 Å². The molecule has 0 aliphatic heterocycles. The molecule has 1 aromatic heterocycles. The van der Waals surface area contributed by atoms with E-state index < -0.39 is 4.92 Å². The fourth-order valence-corrected chi connectivity index (χ4v) is 2.24. The molecule has 0 saturated heterocycles. The van der Waals surface area contributed by atoms with Crippen LogP contribution in [0.25, 0.3) is 5.69 Å². The summed E-state index contributed by atoms with van der Waals surface area (Å²) in [6.45, 7) is 1.67. The monoisotopic (exact) mass is 305 g/mol. The summed E-state index contributed by atoms with van der Waals surface area (Å²) in [5, 5.41) is 19.8. The van der Waals surface area contributed by atoms with Crippen LogP contribution in [0.3, 0.4) is 0 Å². The molecule has 0 amide bonds. The van der Waals surface area contributed by atoms with Crippen molar-refractivity contribution in [3.05, 3.63) is 56.3 Å². The van der Waals surface area contributed by atoms with Gasteiger partial charge < -0.3 is 4.57 Å². The minimum absolute atomic E-state index is 0.0521. The Kier molecular flexibility index (Phi) is 3.17. The Morgan fingerprint density at radius 1 is 1.50 bits per heavy atom. The van der Waals surface area contributed by atoms with Crippen LogP contribution in [0.5, 0.6) is 0 Å². The van der Waals surface area contributed by atoms with Crippen molar-refractivity contribution in [2.45, 2.75) is 6.92 Å². The van der Waals surface area contributed by atoms with E-state index in [-0.39, 0.29) is 5.69 Å². The molecule has 0 aliphatic carbocycles. The van der Waals surface area contributed by atoms with Gasteiger partial charge in [-0.25, -0.2) is 0 Å². The number of nitriles is 1. The van der Waals surface area contributed by atoms with Gasteiger partial charge in [0.25, 0.3) is 5.69 Å². The largest absolute Gasteiger partial charge is 0.307 e. The number of aryl methyl sites for hydroxylation is 1. The number of hydrogen-bond donors (Lipinski definition) is 0. The van der Waals surface area contributed by atoms with Crippen molar-refractivity contribution in [2.24, 2.45) is 0 Å². The normalized spacial score (nSPS) is 10.1. The smallest absolute Gasteiger partial charge is 0.273 e. The lowest BCUT2D eigenvalue weighted by Gasteiger charge is -2.09. The van der Waals surface area contributed by atoms with Gasteiger partial charge in [0.2, 0.25) is 0 Å². The van der Waals surface area contributed by atoms with Crippen molar-refractivity contribution in [3.8, 4) is 11.8 Å². The van der Waals surface area contributed by atoms with Gasteiger partial charge in [-0.15, -0.1) is 0 Å². The Labute approximate surface area is 112 Å².